The average molecular weight is 1160 g/mol. The first kappa shape index (κ1) is 57.6. The predicted molar refractivity (Wildman–Crippen MR) is 349 cm³/mol. The second-order valence-corrected chi connectivity index (χ2v) is 37.8. The van der Waals surface area contributed by atoms with Crippen molar-refractivity contribution in [3.63, 3.8) is 0 Å². The van der Waals surface area contributed by atoms with Gasteiger partial charge in [0.2, 0.25) is 0 Å². The smallest absolute Gasteiger partial charge is 0.164 e. The van der Waals surface area contributed by atoms with Crippen LogP contribution in [0.4, 0.5) is 5.69 Å². The summed E-state index contributed by atoms with van der Waals surface area (Å²) in [5, 5.41) is 3.84. The number of fused-ring (bicyclic) bond motifs is 20. The van der Waals surface area contributed by atoms with E-state index < -0.39 is 0 Å². The fourth-order valence-corrected chi connectivity index (χ4v) is 16.1. The second-order valence-electron chi connectivity index (χ2n) is 26.6. The monoisotopic (exact) mass is 1160 g/mol. The summed E-state index contributed by atoms with van der Waals surface area (Å²) in [6, 6.07) is 29.1. The number of hydrogen-bond donors (Lipinski definition) is 2. The summed E-state index contributed by atoms with van der Waals surface area (Å²) >= 11 is 11.3. The van der Waals surface area contributed by atoms with Crippen LogP contribution >= 0.6 is 70.6 Å². The van der Waals surface area contributed by atoms with Crippen molar-refractivity contribution in [2.24, 2.45) is 0 Å². The van der Waals surface area contributed by atoms with Gasteiger partial charge in [-0.15, -0.1) is 70.6 Å². The minimum Gasteiger partial charge on any atom is -0.378 e. The van der Waals surface area contributed by atoms with E-state index in [0.717, 1.165) is 60.6 Å². The number of anilines is 1. The van der Waals surface area contributed by atoms with Crippen molar-refractivity contribution in [3.8, 4) is 56.7 Å². The van der Waals surface area contributed by atoms with Gasteiger partial charge in [-0.05, 0) is 71.8 Å². The third-order valence-electron chi connectivity index (χ3n) is 12.2. The highest BCUT2D eigenvalue weighted by atomic mass is 32.2. The molecule has 0 unspecified atom stereocenters. The number of H-pyrrole nitrogens is 2. The minimum absolute atomic E-state index is 0.0515. The van der Waals surface area contributed by atoms with E-state index in [1.165, 1.54) is 29.4 Å². The van der Waals surface area contributed by atoms with Gasteiger partial charge in [0.1, 0.15) is 22.6 Å². The number of thioether (sulfide) groups is 6. The SMILES string of the molecule is CN(C)c1ccc(-c2ccc3c(c2)-c2nc-3nc3[nH]c(nc4nc(nc5[nH]c(n2)c2cc(SC(C)(C)C)c(SC(C)(C)C)cc52)-c2cc(SC(C)(C)C)c(SC(C)(C)C)cc2-4)c2cc(SC(C)(C)C)c(SC(C)(C)C)cc32)cc1. The first-order valence-corrected chi connectivity index (χ1v) is 31.9. The van der Waals surface area contributed by atoms with Crippen molar-refractivity contribution < 1.29 is 0 Å². The lowest BCUT2D eigenvalue weighted by molar-refractivity contribution is 0.795. The predicted octanol–water partition coefficient (Wildman–Crippen LogP) is 19.9. The maximum atomic E-state index is 5.63. The Morgan fingerprint density at radius 1 is 0.304 bits per heavy atom. The van der Waals surface area contributed by atoms with Gasteiger partial charge in [0, 0.05) is 121 Å². The molecule has 79 heavy (non-hydrogen) atoms. The molecule has 0 radical (unpaired) electrons. The summed E-state index contributed by atoms with van der Waals surface area (Å²) in [6.07, 6.45) is 0. The number of nitrogens with zero attached hydrogens (tertiary/aromatic N) is 7. The Labute approximate surface area is 493 Å². The fraction of sp³-hybridized carbons (Fsp3) is 0.406. The molecule has 3 aromatic heterocycles. The molecule has 5 aromatic carbocycles. The van der Waals surface area contributed by atoms with Crippen LogP contribution in [0.15, 0.2) is 108 Å². The van der Waals surface area contributed by atoms with Gasteiger partial charge < -0.3 is 14.9 Å². The summed E-state index contributed by atoms with van der Waals surface area (Å²) in [7, 11) is 4.13. The lowest BCUT2D eigenvalue weighted by Crippen LogP contribution is -2.10. The van der Waals surface area contributed by atoms with E-state index in [1.54, 1.807) is 0 Å². The summed E-state index contributed by atoms with van der Waals surface area (Å²) in [5.41, 5.74) is 9.68. The molecule has 0 saturated carbocycles. The van der Waals surface area contributed by atoms with Crippen LogP contribution in [-0.2, 0) is 0 Å². The van der Waals surface area contributed by atoms with Crippen molar-refractivity contribution in [3.05, 3.63) is 78.9 Å². The minimum atomic E-state index is -0.0557. The van der Waals surface area contributed by atoms with Crippen molar-refractivity contribution in [1.29, 1.82) is 0 Å². The summed E-state index contributed by atoms with van der Waals surface area (Å²) < 4.78 is -0.322. The van der Waals surface area contributed by atoms with Crippen LogP contribution < -0.4 is 4.90 Å². The third kappa shape index (κ3) is 13.2. The molecule has 2 aliphatic rings. The Hall–Kier alpha value is -4.64. The molecule has 2 N–H and O–H groups in total. The Kier molecular flexibility index (Phi) is 15.1. The zero-order valence-corrected chi connectivity index (χ0v) is 54.5. The van der Waals surface area contributed by atoms with Crippen LogP contribution in [0, 0.1) is 0 Å². The van der Waals surface area contributed by atoms with Gasteiger partial charge >= 0.3 is 0 Å². The van der Waals surface area contributed by atoms with Crippen molar-refractivity contribution in [1.82, 2.24) is 39.9 Å². The summed E-state index contributed by atoms with van der Waals surface area (Å²) in [5.74, 6) is 2.33. The average Bonchev–Trinajstić information content (AvgIpc) is 4.21. The number of nitrogens with one attached hydrogen (secondary N) is 2. The molecular weight excluding hydrogens is 1090 g/mol. The normalized spacial score (nSPS) is 13.4. The molecule has 5 heterocycles. The summed E-state index contributed by atoms with van der Waals surface area (Å²) in [6.45, 7) is 40.9. The van der Waals surface area contributed by atoms with Crippen LogP contribution in [0.1, 0.15) is 125 Å². The van der Waals surface area contributed by atoms with Crippen LogP contribution in [0.5, 0.6) is 0 Å². The van der Waals surface area contributed by atoms with E-state index >= 15 is 0 Å². The molecule has 0 spiro atoms. The first-order chi connectivity index (χ1) is 36.6. The standard InChI is InChI=1S/C64H75N9S6/c1-59(2,3)74-45-28-39-40(29-46(45)75-60(4,5)6)55-68-53(39)66-51-37-26-23-35(34-21-24-36(25-22-34)73(19)20)27-38(37)52(65-51)67-54-41-30-47(76-61(7,8)9)48(77-62(10,11)12)31-42(41)56(69-54)71-58-44-33-50(79-64(16,17)18)49(78-63(13,14)15)32-43(44)57(70-55)72-58/h21-33H,1-20H3,(H2,65,66,67,68,69,70,71,72). The van der Waals surface area contributed by atoms with Gasteiger partial charge in [0.05, 0.1) is 0 Å². The second kappa shape index (κ2) is 20.7. The fourth-order valence-electron chi connectivity index (χ4n) is 9.40. The van der Waals surface area contributed by atoms with Crippen molar-refractivity contribution in [2.75, 3.05) is 19.0 Å². The number of hydrogen-bond acceptors (Lipinski definition) is 13. The lowest BCUT2D eigenvalue weighted by Gasteiger charge is -2.24. The molecule has 8 bridgehead atoms. The van der Waals surface area contributed by atoms with Gasteiger partial charge in [-0.1, -0.05) is 143 Å². The van der Waals surface area contributed by atoms with Crippen LogP contribution in [-0.4, -0.2) is 82.4 Å². The van der Waals surface area contributed by atoms with Gasteiger partial charge in [-0.2, -0.15) is 0 Å². The highest BCUT2D eigenvalue weighted by Crippen LogP contribution is 2.51. The van der Waals surface area contributed by atoms with Crippen LogP contribution in [0.2, 0.25) is 0 Å². The molecule has 0 fully saturated rings. The Morgan fingerprint density at radius 2 is 0.570 bits per heavy atom. The van der Waals surface area contributed by atoms with Gasteiger partial charge in [-0.25, -0.2) is 29.9 Å². The Bertz CT molecular complexity index is 3890. The number of aromatic amines is 2. The third-order valence-corrected chi connectivity index (χ3v) is 19.6. The van der Waals surface area contributed by atoms with E-state index in [4.69, 9.17) is 29.9 Å². The molecule has 0 saturated heterocycles. The quantitative estimate of drug-likeness (QED) is 0.141. The van der Waals surface area contributed by atoms with Crippen LogP contribution in [0.25, 0.3) is 101 Å². The van der Waals surface area contributed by atoms with Gasteiger partial charge in [0.25, 0.3) is 0 Å². The molecule has 8 aromatic rings. The highest BCUT2D eigenvalue weighted by Gasteiger charge is 2.30. The maximum absolute atomic E-state index is 5.63. The highest BCUT2D eigenvalue weighted by molar-refractivity contribution is 8.04. The number of aromatic nitrogens is 8. The van der Waals surface area contributed by atoms with Crippen LogP contribution in [0.3, 0.4) is 0 Å². The largest absolute Gasteiger partial charge is 0.378 e. The van der Waals surface area contributed by atoms with Crippen molar-refractivity contribution >= 4 is 120 Å². The van der Waals surface area contributed by atoms with E-state index in [1.807, 2.05) is 70.6 Å². The lowest BCUT2D eigenvalue weighted by atomic mass is 9.99. The molecule has 10 rings (SSSR count). The molecule has 15 heteroatoms. The van der Waals surface area contributed by atoms with Gasteiger partial charge in [0.15, 0.2) is 23.3 Å². The maximum Gasteiger partial charge on any atom is 0.164 e. The van der Waals surface area contributed by atoms with E-state index in [2.05, 4.69) is 232 Å². The molecule has 2 aliphatic heterocycles. The first-order valence-electron chi connectivity index (χ1n) is 27.0. The zero-order valence-electron chi connectivity index (χ0n) is 49.6. The van der Waals surface area contributed by atoms with Gasteiger partial charge in [-0.3, -0.25) is 0 Å². The van der Waals surface area contributed by atoms with E-state index in [-0.39, 0.29) is 28.5 Å². The van der Waals surface area contributed by atoms with Crippen molar-refractivity contribution in [2.45, 2.75) is 182 Å². The number of benzene rings is 5. The molecule has 9 nitrogen and oxygen atoms in total. The topological polar surface area (TPSA) is 112 Å². The Morgan fingerprint density at radius 3 is 0.861 bits per heavy atom. The Balaban J connectivity index is 1.38. The molecular formula is C64H75N9S6. The molecule has 0 aliphatic carbocycles. The zero-order chi connectivity index (χ0) is 57.1. The van der Waals surface area contributed by atoms with E-state index in [0.29, 0.717) is 45.9 Å². The van der Waals surface area contributed by atoms with E-state index in [9.17, 15) is 0 Å². The molecule has 0 atom stereocenters. The molecule has 0 amide bonds. The summed E-state index contributed by atoms with van der Waals surface area (Å²) in [4.78, 5) is 50.2. The number of rotatable bonds is 8. The molecule has 412 valence electrons.